The van der Waals surface area contributed by atoms with Crippen molar-refractivity contribution in [1.29, 1.82) is 5.26 Å². The molecule has 0 N–H and O–H groups in total. The lowest BCUT2D eigenvalue weighted by atomic mass is 9.89. The molecule has 1 aliphatic rings. The van der Waals surface area contributed by atoms with Gasteiger partial charge in [-0.05, 0) is 49.7 Å². The Balaban J connectivity index is 2.12. The van der Waals surface area contributed by atoms with Crippen molar-refractivity contribution in [3.8, 4) is 6.07 Å². The van der Waals surface area contributed by atoms with Gasteiger partial charge in [0.25, 0.3) is 0 Å². The summed E-state index contributed by atoms with van der Waals surface area (Å²) in [6.45, 7) is 8.69. The van der Waals surface area contributed by atoms with Crippen LogP contribution in [0.15, 0.2) is 12.1 Å². The molecule has 0 bridgehead atoms. The standard InChI is InChI=1S/C16H23N3/c1-12(2)14-5-4-9-19(10-8-14)16-7-6-13(3)15(11-17)18-16/h6-7,12,14H,4-5,8-10H2,1-3H3. The quantitative estimate of drug-likeness (QED) is 0.813. The number of aryl methyl sites for hydroxylation is 1. The van der Waals surface area contributed by atoms with Crippen molar-refractivity contribution in [2.45, 2.75) is 40.0 Å². The van der Waals surface area contributed by atoms with Crippen LogP contribution in [0.25, 0.3) is 0 Å². The molecule has 1 aromatic rings. The Morgan fingerprint density at radius 3 is 2.79 bits per heavy atom. The molecule has 2 rings (SSSR count). The molecule has 102 valence electrons. The van der Waals surface area contributed by atoms with Gasteiger partial charge in [0.05, 0.1) is 0 Å². The second kappa shape index (κ2) is 6.06. The number of nitriles is 1. The Labute approximate surface area is 116 Å². The largest absolute Gasteiger partial charge is 0.357 e. The van der Waals surface area contributed by atoms with E-state index in [1.807, 2.05) is 19.1 Å². The molecule has 3 nitrogen and oxygen atoms in total. The minimum Gasteiger partial charge on any atom is -0.357 e. The lowest BCUT2D eigenvalue weighted by Crippen LogP contribution is -2.25. The van der Waals surface area contributed by atoms with Gasteiger partial charge in [0.1, 0.15) is 17.6 Å². The number of hydrogen-bond acceptors (Lipinski definition) is 3. The number of pyridine rings is 1. The second-order valence-corrected chi connectivity index (χ2v) is 5.87. The van der Waals surface area contributed by atoms with Gasteiger partial charge in [-0.25, -0.2) is 4.98 Å². The highest BCUT2D eigenvalue weighted by Gasteiger charge is 2.20. The first-order valence-electron chi connectivity index (χ1n) is 7.24. The SMILES string of the molecule is Cc1ccc(N2CCCC(C(C)C)CC2)nc1C#N. The van der Waals surface area contributed by atoms with E-state index in [4.69, 9.17) is 5.26 Å². The van der Waals surface area contributed by atoms with E-state index in [0.717, 1.165) is 36.3 Å². The van der Waals surface area contributed by atoms with E-state index in [1.54, 1.807) is 0 Å². The number of anilines is 1. The number of hydrogen-bond donors (Lipinski definition) is 0. The predicted octanol–water partition coefficient (Wildman–Crippen LogP) is 3.52. The van der Waals surface area contributed by atoms with Crippen molar-refractivity contribution < 1.29 is 0 Å². The van der Waals surface area contributed by atoms with Crippen LogP contribution in [-0.2, 0) is 0 Å². The Morgan fingerprint density at radius 1 is 1.32 bits per heavy atom. The maximum Gasteiger partial charge on any atom is 0.145 e. The van der Waals surface area contributed by atoms with Crippen LogP contribution in [0.1, 0.15) is 44.4 Å². The Kier molecular flexibility index (Phi) is 4.42. The van der Waals surface area contributed by atoms with Gasteiger partial charge in [-0.3, -0.25) is 0 Å². The van der Waals surface area contributed by atoms with E-state index in [9.17, 15) is 0 Å². The molecule has 1 unspecified atom stereocenters. The smallest absolute Gasteiger partial charge is 0.145 e. The summed E-state index contributed by atoms with van der Waals surface area (Å²) < 4.78 is 0. The maximum absolute atomic E-state index is 9.08. The summed E-state index contributed by atoms with van der Waals surface area (Å²) >= 11 is 0. The summed E-state index contributed by atoms with van der Waals surface area (Å²) in [5.74, 6) is 2.55. The van der Waals surface area contributed by atoms with Crippen molar-refractivity contribution in [2.75, 3.05) is 18.0 Å². The minimum atomic E-state index is 0.558. The number of aromatic nitrogens is 1. The lowest BCUT2D eigenvalue weighted by Gasteiger charge is -2.22. The van der Waals surface area contributed by atoms with Crippen LogP contribution in [0.3, 0.4) is 0 Å². The zero-order valence-corrected chi connectivity index (χ0v) is 12.2. The summed E-state index contributed by atoms with van der Waals surface area (Å²) in [5.41, 5.74) is 1.52. The normalized spacial score (nSPS) is 20.2. The first-order valence-corrected chi connectivity index (χ1v) is 7.24. The molecule has 2 heterocycles. The fraction of sp³-hybridized carbons (Fsp3) is 0.625. The molecule has 0 aromatic carbocycles. The molecule has 0 radical (unpaired) electrons. The minimum absolute atomic E-state index is 0.558. The fourth-order valence-corrected chi connectivity index (χ4v) is 2.83. The predicted molar refractivity (Wildman–Crippen MR) is 78.1 cm³/mol. The maximum atomic E-state index is 9.08. The topological polar surface area (TPSA) is 39.9 Å². The van der Waals surface area contributed by atoms with E-state index in [-0.39, 0.29) is 0 Å². The molecular weight excluding hydrogens is 234 g/mol. The van der Waals surface area contributed by atoms with Crippen LogP contribution in [0.5, 0.6) is 0 Å². The average Bonchev–Trinajstić information content (AvgIpc) is 2.65. The van der Waals surface area contributed by atoms with Crippen molar-refractivity contribution in [3.05, 3.63) is 23.4 Å². The molecule has 3 heteroatoms. The highest BCUT2D eigenvalue weighted by atomic mass is 15.2. The molecule has 0 amide bonds. The van der Waals surface area contributed by atoms with Gasteiger partial charge < -0.3 is 4.90 Å². The summed E-state index contributed by atoms with van der Waals surface area (Å²) in [7, 11) is 0. The zero-order valence-electron chi connectivity index (χ0n) is 12.2. The summed E-state index contributed by atoms with van der Waals surface area (Å²) in [6.07, 6.45) is 3.76. The molecule has 1 aromatic heterocycles. The molecule has 1 fully saturated rings. The van der Waals surface area contributed by atoms with Crippen LogP contribution >= 0.6 is 0 Å². The van der Waals surface area contributed by atoms with E-state index in [2.05, 4.69) is 29.8 Å². The van der Waals surface area contributed by atoms with Crippen molar-refractivity contribution in [2.24, 2.45) is 11.8 Å². The first kappa shape index (κ1) is 13.9. The van der Waals surface area contributed by atoms with E-state index < -0.39 is 0 Å². The Morgan fingerprint density at radius 2 is 2.11 bits per heavy atom. The molecule has 19 heavy (non-hydrogen) atoms. The average molecular weight is 257 g/mol. The summed E-state index contributed by atoms with van der Waals surface area (Å²) in [5, 5.41) is 9.08. The summed E-state index contributed by atoms with van der Waals surface area (Å²) in [6, 6.07) is 6.23. The first-order chi connectivity index (χ1) is 9.11. The van der Waals surface area contributed by atoms with Crippen LogP contribution < -0.4 is 4.90 Å². The van der Waals surface area contributed by atoms with Crippen LogP contribution in [0.2, 0.25) is 0 Å². The van der Waals surface area contributed by atoms with Crippen LogP contribution in [-0.4, -0.2) is 18.1 Å². The van der Waals surface area contributed by atoms with Gasteiger partial charge in [0, 0.05) is 13.1 Å². The molecular formula is C16H23N3. The van der Waals surface area contributed by atoms with Crippen LogP contribution in [0.4, 0.5) is 5.82 Å². The van der Waals surface area contributed by atoms with Crippen molar-refractivity contribution in [1.82, 2.24) is 4.98 Å². The third-order valence-corrected chi connectivity index (χ3v) is 4.23. The van der Waals surface area contributed by atoms with Crippen molar-refractivity contribution >= 4 is 5.82 Å². The number of rotatable bonds is 2. The van der Waals surface area contributed by atoms with Gasteiger partial charge in [0.15, 0.2) is 0 Å². The molecule has 0 saturated carbocycles. The van der Waals surface area contributed by atoms with E-state index in [0.29, 0.717) is 5.69 Å². The van der Waals surface area contributed by atoms with Crippen LogP contribution in [0, 0.1) is 30.1 Å². The highest BCUT2D eigenvalue weighted by molar-refractivity contribution is 5.44. The third kappa shape index (κ3) is 3.26. The molecule has 0 spiro atoms. The Hall–Kier alpha value is -1.56. The van der Waals surface area contributed by atoms with Gasteiger partial charge in [-0.15, -0.1) is 0 Å². The lowest BCUT2D eigenvalue weighted by molar-refractivity contribution is 0.351. The molecule has 0 aliphatic carbocycles. The van der Waals surface area contributed by atoms with Gasteiger partial charge >= 0.3 is 0 Å². The van der Waals surface area contributed by atoms with E-state index >= 15 is 0 Å². The third-order valence-electron chi connectivity index (χ3n) is 4.23. The molecule has 1 atom stereocenters. The summed E-state index contributed by atoms with van der Waals surface area (Å²) in [4.78, 5) is 6.83. The number of nitrogens with zero attached hydrogens (tertiary/aromatic N) is 3. The van der Waals surface area contributed by atoms with Gasteiger partial charge in [0.2, 0.25) is 0 Å². The monoisotopic (exact) mass is 257 g/mol. The second-order valence-electron chi connectivity index (χ2n) is 5.87. The molecule has 1 saturated heterocycles. The van der Waals surface area contributed by atoms with Gasteiger partial charge in [-0.1, -0.05) is 19.9 Å². The Bertz CT molecular complexity index is 473. The highest BCUT2D eigenvalue weighted by Crippen LogP contribution is 2.26. The van der Waals surface area contributed by atoms with Gasteiger partial charge in [-0.2, -0.15) is 5.26 Å². The van der Waals surface area contributed by atoms with Crippen molar-refractivity contribution in [3.63, 3.8) is 0 Å². The fourth-order valence-electron chi connectivity index (χ4n) is 2.83. The zero-order chi connectivity index (χ0) is 13.8. The van der Waals surface area contributed by atoms with E-state index in [1.165, 1.54) is 19.3 Å². The molecule has 1 aliphatic heterocycles.